The number of hydrogen-bond acceptors (Lipinski definition) is 8. The van der Waals surface area contributed by atoms with Gasteiger partial charge in [-0.25, -0.2) is 13.8 Å². The zero-order chi connectivity index (χ0) is 33.4. The molecule has 0 bridgehead atoms. The highest BCUT2D eigenvalue weighted by Gasteiger charge is 2.48. The van der Waals surface area contributed by atoms with Gasteiger partial charge in [-0.05, 0) is 77.2 Å². The summed E-state index contributed by atoms with van der Waals surface area (Å²) in [7, 11) is 1.96. The van der Waals surface area contributed by atoms with Crippen LogP contribution in [0.1, 0.15) is 60.8 Å². The van der Waals surface area contributed by atoms with Crippen LogP contribution in [-0.4, -0.2) is 72.0 Å². The normalized spacial score (nSPS) is 18.5. The van der Waals surface area contributed by atoms with Crippen molar-refractivity contribution in [1.82, 2.24) is 20.2 Å². The van der Waals surface area contributed by atoms with Gasteiger partial charge in [0.25, 0.3) is 23.2 Å². The number of aromatic nitrogens is 2. The van der Waals surface area contributed by atoms with E-state index >= 15 is 0 Å². The van der Waals surface area contributed by atoms with Crippen molar-refractivity contribution in [1.29, 1.82) is 0 Å². The molecule has 0 unspecified atom stereocenters. The van der Waals surface area contributed by atoms with Gasteiger partial charge in [-0.3, -0.25) is 14.5 Å². The molecule has 248 valence electrons. The minimum Gasteiger partial charge on any atom is -0.448 e. The number of anilines is 1. The summed E-state index contributed by atoms with van der Waals surface area (Å²) in [4.78, 5) is 38.6. The summed E-state index contributed by atoms with van der Waals surface area (Å²) < 4.78 is 40.6. The van der Waals surface area contributed by atoms with E-state index in [0.29, 0.717) is 59.7 Å². The van der Waals surface area contributed by atoms with E-state index in [2.05, 4.69) is 15.3 Å². The lowest BCUT2D eigenvalue weighted by molar-refractivity contribution is -0.128. The smallest absolute Gasteiger partial charge is 0.257 e. The van der Waals surface area contributed by atoms with Crippen LogP contribution in [0.15, 0.2) is 40.2 Å². The van der Waals surface area contributed by atoms with Crippen LogP contribution in [-0.2, 0) is 6.54 Å². The lowest BCUT2D eigenvalue weighted by atomic mass is 9.89. The number of benzene rings is 1. The molecule has 1 saturated heterocycles. The maximum absolute atomic E-state index is 13.8. The molecule has 5 rings (SSSR count). The van der Waals surface area contributed by atoms with E-state index in [0.717, 1.165) is 35.4 Å². The van der Waals surface area contributed by atoms with Gasteiger partial charge in [-0.1, -0.05) is 0 Å². The van der Waals surface area contributed by atoms with Gasteiger partial charge in [0.15, 0.2) is 11.5 Å². The van der Waals surface area contributed by atoms with Gasteiger partial charge in [0.2, 0.25) is 0 Å². The summed E-state index contributed by atoms with van der Waals surface area (Å²) in [5.74, 6) is -2.39. The van der Waals surface area contributed by atoms with E-state index in [4.69, 9.17) is 9.47 Å². The summed E-state index contributed by atoms with van der Waals surface area (Å²) in [6.07, 6.45) is 4.91. The van der Waals surface area contributed by atoms with Crippen molar-refractivity contribution in [3.8, 4) is 22.6 Å². The molecule has 1 atom stereocenters. The number of H-pyrrole nitrogens is 1. The Morgan fingerprint density at radius 2 is 1.91 bits per heavy atom. The van der Waals surface area contributed by atoms with Crippen molar-refractivity contribution < 1.29 is 23.0 Å². The number of alkyl halides is 2. The number of hydrogen-bond donors (Lipinski definition) is 2. The lowest BCUT2D eigenvalue weighted by Gasteiger charge is -2.39. The molecule has 2 aromatic heterocycles. The Morgan fingerprint density at radius 3 is 2.52 bits per heavy atom. The monoisotopic (exact) mass is 655 g/mol. The first-order valence-corrected chi connectivity index (χ1v) is 16.8. The zero-order valence-electron chi connectivity index (χ0n) is 27.6. The molecule has 0 aliphatic carbocycles. The number of aryl methyl sites for hydroxylation is 1. The Bertz CT molecular complexity index is 1650. The first-order valence-electron chi connectivity index (χ1n) is 15.6. The number of nitrogens with one attached hydrogen (secondary N) is 2. The highest BCUT2D eigenvalue weighted by molar-refractivity contribution is 7.98. The summed E-state index contributed by atoms with van der Waals surface area (Å²) in [5.41, 5.74) is 3.43. The number of likely N-dealkylation sites (tertiary alicyclic amines) is 1. The second-order valence-electron chi connectivity index (χ2n) is 12.5. The molecule has 1 fully saturated rings. The van der Waals surface area contributed by atoms with E-state index in [1.807, 2.05) is 64.1 Å². The Balaban J connectivity index is 1.47. The SMILES string of the molecule is CCN(C)c1ccc(-c2cc(C(=O)NCc3c(SC)cc(C)[nH]c3=O)c(C)c3c2O[C@@](C)(C2CCN(CC(C)(F)F)CC2)O3)cn1. The highest BCUT2D eigenvalue weighted by Crippen LogP contribution is 2.52. The molecule has 1 amide bonds. The van der Waals surface area contributed by atoms with Gasteiger partial charge in [0, 0.05) is 84.5 Å². The number of rotatable bonds is 10. The number of halogens is 2. The van der Waals surface area contributed by atoms with Crippen molar-refractivity contribution in [2.45, 2.75) is 70.6 Å². The van der Waals surface area contributed by atoms with Crippen molar-refractivity contribution >= 4 is 23.5 Å². The second-order valence-corrected chi connectivity index (χ2v) is 13.4. The third-order valence-corrected chi connectivity index (χ3v) is 9.77. The highest BCUT2D eigenvalue weighted by atomic mass is 32.2. The average molecular weight is 656 g/mol. The second kappa shape index (κ2) is 13.2. The van der Waals surface area contributed by atoms with Crippen molar-refractivity contribution in [3.63, 3.8) is 0 Å². The predicted molar refractivity (Wildman–Crippen MR) is 178 cm³/mol. The number of fused-ring (bicyclic) bond motifs is 1. The first-order chi connectivity index (χ1) is 21.7. The van der Waals surface area contributed by atoms with Crippen molar-refractivity contribution in [2.75, 3.05) is 44.4 Å². The molecule has 0 saturated carbocycles. The minimum absolute atomic E-state index is 0.0527. The maximum atomic E-state index is 13.8. The average Bonchev–Trinajstić information content (AvgIpc) is 3.38. The van der Waals surface area contributed by atoms with Gasteiger partial charge in [-0.15, -0.1) is 11.8 Å². The van der Waals surface area contributed by atoms with Crippen LogP contribution in [0.3, 0.4) is 0 Å². The molecule has 46 heavy (non-hydrogen) atoms. The molecule has 0 spiro atoms. The van der Waals surface area contributed by atoms with Crippen LogP contribution >= 0.6 is 11.8 Å². The van der Waals surface area contributed by atoms with Crippen LogP contribution in [0.4, 0.5) is 14.6 Å². The molecule has 4 heterocycles. The molecule has 12 heteroatoms. The van der Waals surface area contributed by atoms with E-state index < -0.39 is 11.7 Å². The number of nitrogens with zero attached hydrogens (tertiary/aromatic N) is 3. The summed E-state index contributed by atoms with van der Waals surface area (Å²) in [6, 6.07) is 7.55. The van der Waals surface area contributed by atoms with Gasteiger partial charge in [0.05, 0.1) is 6.54 Å². The van der Waals surface area contributed by atoms with Gasteiger partial charge < -0.3 is 24.7 Å². The number of thioether (sulfide) groups is 1. The standard InChI is InChI=1S/C34H43F2N5O4S/c1-8-40(6)28-10-9-22(17-37-28)25-16-24(31(42)38-18-26-27(46-7)15-20(2)39-32(26)43)21(3)29-30(25)45-34(5,44-29)23-11-13-41(14-12-23)19-33(4,35)36/h9-10,15-17,23H,8,11-14,18-19H2,1-7H3,(H,38,42)(H,39,43)/t34-/m0/s1. The lowest BCUT2D eigenvalue weighted by Crippen LogP contribution is -2.50. The minimum atomic E-state index is -2.75. The van der Waals surface area contributed by atoms with Crippen LogP contribution in [0, 0.1) is 19.8 Å². The molecule has 0 radical (unpaired) electrons. The molecule has 3 aromatic rings. The maximum Gasteiger partial charge on any atom is 0.257 e. The number of ether oxygens (including phenoxy) is 2. The predicted octanol–water partition coefficient (Wildman–Crippen LogP) is 6.02. The number of amides is 1. The molecule has 2 N–H and O–H groups in total. The zero-order valence-corrected chi connectivity index (χ0v) is 28.4. The Morgan fingerprint density at radius 1 is 1.22 bits per heavy atom. The fourth-order valence-electron chi connectivity index (χ4n) is 6.24. The fraction of sp³-hybridized carbons (Fsp3) is 0.500. The van der Waals surface area contributed by atoms with Gasteiger partial charge in [-0.2, -0.15) is 0 Å². The molecular weight excluding hydrogens is 612 g/mol. The van der Waals surface area contributed by atoms with Crippen LogP contribution in [0.25, 0.3) is 11.1 Å². The topological polar surface area (TPSA) is 99.8 Å². The Kier molecular flexibility index (Phi) is 9.70. The van der Waals surface area contributed by atoms with Crippen molar-refractivity contribution in [3.05, 3.63) is 63.2 Å². The summed E-state index contributed by atoms with van der Waals surface area (Å²) >= 11 is 1.45. The Hall–Kier alpha value is -3.64. The molecular formula is C34H43F2N5O4S. The Labute approximate surface area is 273 Å². The molecule has 2 aliphatic rings. The summed E-state index contributed by atoms with van der Waals surface area (Å²) in [6.45, 7) is 10.1. The van der Waals surface area contributed by atoms with E-state index in [-0.39, 0.29) is 30.5 Å². The van der Waals surface area contributed by atoms with Crippen LogP contribution < -0.4 is 25.2 Å². The van der Waals surface area contributed by atoms with Crippen LogP contribution in [0.5, 0.6) is 11.5 Å². The van der Waals surface area contributed by atoms with Crippen molar-refractivity contribution in [2.24, 2.45) is 5.92 Å². The first kappa shape index (κ1) is 33.7. The van der Waals surface area contributed by atoms with E-state index in [1.165, 1.54) is 11.8 Å². The van der Waals surface area contributed by atoms with E-state index in [9.17, 15) is 18.4 Å². The molecule has 2 aliphatic heterocycles. The molecule has 9 nitrogen and oxygen atoms in total. The van der Waals surface area contributed by atoms with E-state index in [1.54, 1.807) is 17.2 Å². The third-order valence-electron chi connectivity index (χ3n) is 8.97. The van der Waals surface area contributed by atoms with Gasteiger partial charge >= 0.3 is 0 Å². The van der Waals surface area contributed by atoms with Crippen LogP contribution in [0.2, 0.25) is 0 Å². The largest absolute Gasteiger partial charge is 0.448 e. The van der Waals surface area contributed by atoms with Gasteiger partial charge in [0.1, 0.15) is 5.82 Å². The molecule has 1 aromatic carbocycles. The number of pyridine rings is 2. The number of piperidine rings is 1. The number of aromatic amines is 1. The third kappa shape index (κ3) is 7.02. The fourth-order valence-corrected chi connectivity index (χ4v) is 6.95. The number of carbonyl (C=O) groups is 1. The summed E-state index contributed by atoms with van der Waals surface area (Å²) in [5, 5.41) is 2.94. The number of carbonyl (C=O) groups excluding carboxylic acids is 1. The quantitative estimate of drug-likeness (QED) is 0.256.